The fourth-order valence-corrected chi connectivity index (χ4v) is 2.26. The second kappa shape index (κ2) is 5.47. The Morgan fingerprint density at radius 3 is 2.77 bits per heavy atom. The van der Waals surface area contributed by atoms with Crippen LogP contribution in [0.5, 0.6) is 0 Å². The highest BCUT2D eigenvalue weighted by Gasteiger charge is 2.34. The summed E-state index contributed by atoms with van der Waals surface area (Å²) in [5.41, 5.74) is 0. The number of hydrogen-bond acceptors (Lipinski definition) is 2. The molecule has 0 radical (unpaired) electrons. The standard InChI is InChI=1S/C10H16ClNO/c11-6-2-1-3-8-4-5-10(13)9(8)7-12/h8-10,13H,1-6H2/t8-,9+,10+/m0/s1. The molecule has 1 saturated carbocycles. The Hall–Kier alpha value is -0.260. The van der Waals surface area contributed by atoms with E-state index < -0.39 is 0 Å². The van der Waals surface area contributed by atoms with Crippen LogP contribution in [0.3, 0.4) is 0 Å². The van der Waals surface area contributed by atoms with Gasteiger partial charge in [-0.1, -0.05) is 6.42 Å². The molecule has 1 aliphatic carbocycles. The highest BCUT2D eigenvalue weighted by molar-refractivity contribution is 6.17. The maximum Gasteiger partial charge on any atom is 0.0750 e. The van der Waals surface area contributed by atoms with Gasteiger partial charge in [0.2, 0.25) is 0 Å². The fraction of sp³-hybridized carbons (Fsp3) is 0.900. The van der Waals surface area contributed by atoms with Gasteiger partial charge in [-0.05, 0) is 31.6 Å². The Labute approximate surface area is 84.5 Å². The Morgan fingerprint density at radius 1 is 1.38 bits per heavy atom. The Bertz CT molecular complexity index is 190. The van der Waals surface area contributed by atoms with Gasteiger partial charge in [0.05, 0.1) is 18.1 Å². The highest BCUT2D eigenvalue weighted by Crippen LogP contribution is 2.34. The quantitative estimate of drug-likeness (QED) is 0.561. The molecule has 1 fully saturated rings. The third-order valence-electron chi connectivity index (χ3n) is 2.86. The zero-order valence-corrected chi connectivity index (χ0v) is 8.50. The summed E-state index contributed by atoms with van der Waals surface area (Å²) in [4.78, 5) is 0. The molecule has 0 heterocycles. The summed E-state index contributed by atoms with van der Waals surface area (Å²) in [5, 5.41) is 18.3. The van der Waals surface area contributed by atoms with E-state index in [4.69, 9.17) is 16.9 Å². The van der Waals surface area contributed by atoms with Crippen molar-refractivity contribution in [2.24, 2.45) is 11.8 Å². The van der Waals surface area contributed by atoms with Crippen molar-refractivity contribution in [3.8, 4) is 6.07 Å². The molecular weight excluding hydrogens is 186 g/mol. The summed E-state index contributed by atoms with van der Waals surface area (Å²) < 4.78 is 0. The van der Waals surface area contributed by atoms with Crippen LogP contribution in [0.2, 0.25) is 0 Å². The number of alkyl halides is 1. The van der Waals surface area contributed by atoms with Gasteiger partial charge in [0, 0.05) is 5.88 Å². The van der Waals surface area contributed by atoms with Crippen LogP contribution in [0.4, 0.5) is 0 Å². The Morgan fingerprint density at radius 2 is 2.15 bits per heavy atom. The summed E-state index contributed by atoms with van der Waals surface area (Å²) >= 11 is 5.57. The minimum atomic E-state index is -0.383. The van der Waals surface area contributed by atoms with Crippen molar-refractivity contribution in [2.75, 3.05) is 5.88 Å². The van der Waals surface area contributed by atoms with Crippen molar-refractivity contribution in [3.05, 3.63) is 0 Å². The summed E-state index contributed by atoms with van der Waals surface area (Å²) in [6, 6.07) is 2.21. The van der Waals surface area contributed by atoms with Crippen molar-refractivity contribution in [2.45, 2.75) is 38.2 Å². The molecule has 74 valence electrons. The van der Waals surface area contributed by atoms with E-state index in [0.29, 0.717) is 11.8 Å². The largest absolute Gasteiger partial charge is 0.392 e. The lowest BCUT2D eigenvalue weighted by molar-refractivity contribution is 0.143. The predicted octanol–water partition coefficient (Wildman–Crippen LogP) is 2.31. The van der Waals surface area contributed by atoms with E-state index in [9.17, 15) is 5.11 Å². The van der Waals surface area contributed by atoms with E-state index in [0.717, 1.165) is 32.1 Å². The number of aliphatic hydroxyl groups is 1. The first-order chi connectivity index (χ1) is 6.29. The zero-order chi connectivity index (χ0) is 9.68. The van der Waals surface area contributed by atoms with Gasteiger partial charge in [-0.2, -0.15) is 5.26 Å². The molecule has 2 nitrogen and oxygen atoms in total. The Balaban J connectivity index is 2.30. The minimum Gasteiger partial charge on any atom is -0.392 e. The first-order valence-corrected chi connectivity index (χ1v) is 5.46. The number of rotatable bonds is 4. The van der Waals surface area contributed by atoms with Gasteiger partial charge in [0.1, 0.15) is 0 Å². The van der Waals surface area contributed by atoms with Crippen LogP contribution in [-0.4, -0.2) is 17.1 Å². The molecule has 1 aliphatic rings. The normalized spacial score (nSPS) is 33.2. The molecule has 13 heavy (non-hydrogen) atoms. The van der Waals surface area contributed by atoms with Crippen LogP contribution >= 0.6 is 11.6 Å². The predicted molar refractivity (Wildman–Crippen MR) is 52.4 cm³/mol. The van der Waals surface area contributed by atoms with Crippen molar-refractivity contribution in [1.29, 1.82) is 5.26 Å². The van der Waals surface area contributed by atoms with Gasteiger partial charge in [-0.25, -0.2) is 0 Å². The SMILES string of the molecule is N#C[C@@H]1[C@@H](CCCCCl)CC[C@H]1O. The van der Waals surface area contributed by atoms with Gasteiger partial charge in [-0.3, -0.25) is 0 Å². The third kappa shape index (κ3) is 2.86. The first kappa shape index (κ1) is 10.8. The molecule has 0 aliphatic heterocycles. The van der Waals surface area contributed by atoms with E-state index in [2.05, 4.69) is 6.07 Å². The molecule has 1 rings (SSSR count). The number of halogens is 1. The average molecular weight is 202 g/mol. The molecule has 3 heteroatoms. The molecule has 3 atom stereocenters. The highest BCUT2D eigenvalue weighted by atomic mass is 35.5. The van der Waals surface area contributed by atoms with Crippen molar-refractivity contribution in [3.63, 3.8) is 0 Å². The van der Waals surface area contributed by atoms with Crippen molar-refractivity contribution >= 4 is 11.6 Å². The van der Waals surface area contributed by atoms with Crippen LogP contribution in [0.25, 0.3) is 0 Å². The third-order valence-corrected chi connectivity index (χ3v) is 3.13. The van der Waals surface area contributed by atoms with Crippen molar-refractivity contribution in [1.82, 2.24) is 0 Å². The van der Waals surface area contributed by atoms with Crippen LogP contribution in [-0.2, 0) is 0 Å². The molecule has 1 N–H and O–H groups in total. The first-order valence-electron chi connectivity index (χ1n) is 4.93. The molecule has 0 amide bonds. The summed E-state index contributed by atoms with van der Waals surface area (Å²) in [6.07, 6.45) is 4.56. The molecule has 0 unspecified atom stereocenters. The number of unbranched alkanes of at least 4 members (excludes halogenated alkanes) is 1. The fourth-order valence-electron chi connectivity index (χ4n) is 2.07. The maximum absolute atomic E-state index is 9.47. The van der Waals surface area contributed by atoms with Crippen LogP contribution in [0.15, 0.2) is 0 Å². The van der Waals surface area contributed by atoms with E-state index in [1.54, 1.807) is 0 Å². The van der Waals surface area contributed by atoms with Crippen LogP contribution in [0.1, 0.15) is 32.1 Å². The van der Waals surface area contributed by atoms with Crippen molar-refractivity contribution < 1.29 is 5.11 Å². The lowest BCUT2D eigenvalue weighted by atomic mass is 9.91. The van der Waals surface area contributed by atoms with Crippen LogP contribution < -0.4 is 0 Å². The molecule has 0 saturated heterocycles. The number of nitriles is 1. The van der Waals surface area contributed by atoms with E-state index in [-0.39, 0.29) is 12.0 Å². The van der Waals surface area contributed by atoms with Gasteiger partial charge in [0.15, 0.2) is 0 Å². The summed E-state index contributed by atoms with van der Waals surface area (Å²) in [7, 11) is 0. The molecule has 0 aromatic rings. The van der Waals surface area contributed by atoms with Gasteiger partial charge in [-0.15, -0.1) is 11.6 Å². The molecule has 0 aromatic heterocycles. The number of nitrogens with zero attached hydrogens (tertiary/aromatic N) is 1. The van der Waals surface area contributed by atoms with Gasteiger partial charge in [0.25, 0.3) is 0 Å². The van der Waals surface area contributed by atoms with E-state index in [1.165, 1.54) is 0 Å². The second-order valence-corrected chi connectivity index (χ2v) is 4.12. The summed E-state index contributed by atoms with van der Waals surface area (Å²) in [6.45, 7) is 0. The van der Waals surface area contributed by atoms with Gasteiger partial charge < -0.3 is 5.11 Å². The molecule has 0 aromatic carbocycles. The molecule has 0 bridgehead atoms. The number of aliphatic hydroxyl groups excluding tert-OH is 1. The summed E-state index contributed by atoms with van der Waals surface area (Å²) in [5.74, 6) is 0.977. The molecular formula is C10H16ClNO. The lowest BCUT2D eigenvalue weighted by Crippen LogP contribution is -2.17. The lowest BCUT2D eigenvalue weighted by Gasteiger charge is -2.14. The van der Waals surface area contributed by atoms with E-state index in [1.807, 2.05) is 0 Å². The van der Waals surface area contributed by atoms with Gasteiger partial charge >= 0.3 is 0 Å². The number of hydrogen-bond donors (Lipinski definition) is 1. The average Bonchev–Trinajstić information content (AvgIpc) is 2.47. The Kier molecular flexibility index (Phi) is 4.55. The topological polar surface area (TPSA) is 44.0 Å². The maximum atomic E-state index is 9.47. The minimum absolute atomic E-state index is 0.129. The molecule has 0 spiro atoms. The van der Waals surface area contributed by atoms with Crippen LogP contribution in [0, 0.1) is 23.2 Å². The van der Waals surface area contributed by atoms with E-state index >= 15 is 0 Å². The monoisotopic (exact) mass is 201 g/mol. The second-order valence-electron chi connectivity index (χ2n) is 3.74. The zero-order valence-electron chi connectivity index (χ0n) is 7.75. The smallest absolute Gasteiger partial charge is 0.0750 e.